The lowest BCUT2D eigenvalue weighted by atomic mass is 10.0. The SMILES string of the molecule is CCCNC(CCC)C(CC)Oc1ccccc1C. The summed E-state index contributed by atoms with van der Waals surface area (Å²) < 4.78 is 6.24. The molecule has 1 aromatic rings. The standard InChI is InChI=1S/C17H29NO/c1-5-10-15(18-13-6-2)16(7-3)19-17-12-9-8-11-14(17)4/h8-9,11-12,15-16,18H,5-7,10,13H2,1-4H3. The van der Waals surface area contributed by atoms with E-state index in [2.05, 4.69) is 51.2 Å². The molecular weight excluding hydrogens is 234 g/mol. The topological polar surface area (TPSA) is 21.3 Å². The number of hydrogen-bond acceptors (Lipinski definition) is 2. The Morgan fingerprint density at radius 2 is 1.84 bits per heavy atom. The van der Waals surface area contributed by atoms with Crippen LogP contribution in [-0.2, 0) is 0 Å². The van der Waals surface area contributed by atoms with Crippen molar-refractivity contribution in [2.75, 3.05) is 6.54 Å². The van der Waals surface area contributed by atoms with E-state index >= 15 is 0 Å². The van der Waals surface area contributed by atoms with Gasteiger partial charge in [0, 0.05) is 6.04 Å². The second-order valence-corrected chi connectivity index (χ2v) is 5.18. The second kappa shape index (κ2) is 8.98. The molecule has 2 atom stereocenters. The monoisotopic (exact) mass is 263 g/mol. The molecule has 0 fully saturated rings. The zero-order chi connectivity index (χ0) is 14.1. The van der Waals surface area contributed by atoms with Gasteiger partial charge in [-0.05, 0) is 44.4 Å². The second-order valence-electron chi connectivity index (χ2n) is 5.18. The number of nitrogens with one attached hydrogen (secondary N) is 1. The Labute approximate surface area is 118 Å². The molecule has 0 aliphatic heterocycles. The van der Waals surface area contributed by atoms with Crippen LogP contribution in [0.15, 0.2) is 24.3 Å². The summed E-state index contributed by atoms with van der Waals surface area (Å²) in [6.07, 6.45) is 4.82. The zero-order valence-corrected chi connectivity index (χ0v) is 12.9. The number of benzene rings is 1. The van der Waals surface area contributed by atoms with Gasteiger partial charge >= 0.3 is 0 Å². The van der Waals surface area contributed by atoms with E-state index in [1.807, 2.05) is 6.07 Å². The number of rotatable bonds is 9. The van der Waals surface area contributed by atoms with Crippen molar-refractivity contribution in [2.45, 2.75) is 65.5 Å². The van der Waals surface area contributed by atoms with E-state index in [4.69, 9.17) is 4.74 Å². The molecule has 108 valence electrons. The van der Waals surface area contributed by atoms with Gasteiger partial charge in [0.2, 0.25) is 0 Å². The Bertz CT molecular complexity index is 351. The van der Waals surface area contributed by atoms with Crippen molar-refractivity contribution in [3.63, 3.8) is 0 Å². The van der Waals surface area contributed by atoms with Crippen molar-refractivity contribution in [3.8, 4) is 5.75 Å². The van der Waals surface area contributed by atoms with E-state index in [0.717, 1.165) is 18.7 Å². The number of para-hydroxylation sites is 1. The summed E-state index contributed by atoms with van der Waals surface area (Å²) >= 11 is 0. The third-order valence-electron chi connectivity index (χ3n) is 3.48. The van der Waals surface area contributed by atoms with Crippen LogP contribution in [0, 0.1) is 6.92 Å². The summed E-state index contributed by atoms with van der Waals surface area (Å²) in [5.74, 6) is 1.02. The molecule has 2 heteroatoms. The van der Waals surface area contributed by atoms with Crippen LogP contribution in [0.5, 0.6) is 5.75 Å². The predicted octanol–water partition coefficient (Wildman–Crippen LogP) is 4.32. The number of hydrogen-bond donors (Lipinski definition) is 1. The molecule has 19 heavy (non-hydrogen) atoms. The van der Waals surface area contributed by atoms with Gasteiger partial charge in [0.25, 0.3) is 0 Å². The van der Waals surface area contributed by atoms with E-state index in [9.17, 15) is 0 Å². The minimum absolute atomic E-state index is 0.257. The molecule has 0 saturated heterocycles. The molecule has 0 aliphatic rings. The van der Waals surface area contributed by atoms with Gasteiger partial charge < -0.3 is 10.1 Å². The molecule has 1 aromatic carbocycles. The maximum absolute atomic E-state index is 6.24. The highest BCUT2D eigenvalue weighted by molar-refractivity contribution is 5.32. The van der Waals surface area contributed by atoms with Crippen LogP contribution in [0.3, 0.4) is 0 Å². The summed E-state index contributed by atoms with van der Waals surface area (Å²) in [5.41, 5.74) is 1.21. The molecule has 0 heterocycles. The van der Waals surface area contributed by atoms with Crippen LogP contribution < -0.4 is 10.1 Å². The molecule has 0 spiro atoms. The van der Waals surface area contributed by atoms with Crippen molar-refractivity contribution in [2.24, 2.45) is 0 Å². The van der Waals surface area contributed by atoms with E-state index in [0.29, 0.717) is 6.04 Å². The Kier molecular flexibility index (Phi) is 7.57. The van der Waals surface area contributed by atoms with Gasteiger partial charge in [0.05, 0.1) is 0 Å². The molecule has 0 bridgehead atoms. The molecule has 0 amide bonds. The Balaban J connectivity index is 2.70. The smallest absolute Gasteiger partial charge is 0.122 e. The average molecular weight is 263 g/mol. The fourth-order valence-corrected chi connectivity index (χ4v) is 2.36. The van der Waals surface area contributed by atoms with Gasteiger partial charge in [-0.15, -0.1) is 0 Å². The van der Waals surface area contributed by atoms with Crippen LogP contribution in [0.2, 0.25) is 0 Å². The Hall–Kier alpha value is -1.02. The maximum atomic E-state index is 6.24. The van der Waals surface area contributed by atoms with Crippen LogP contribution in [-0.4, -0.2) is 18.7 Å². The first-order valence-corrected chi connectivity index (χ1v) is 7.68. The highest BCUT2D eigenvalue weighted by atomic mass is 16.5. The molecule has 0 saturated carbocycles. The zero-order valence-electron chi connectivity index (χ0n) is 12.9. The highest BCUT2D eigenvalue weighted by Crippen LogP contribution is 2.21. The van der Waals surface area contributed by atoms with Gasteiger partial charge in [0.15, 0.2) is 0 Å². The molecule has 1 rings (SSSR count). The summed E-state index contributed by atoms with van der Waals surface area (Å²) in [5, 5.41) is 3.64. The third kappa shape index (κ3) is 5.23. The first kappa shape index (κ1) is 16.0. The molecule has 0 aromatic heterocycles. The summed E-state index contributed by atoms with van der Waals surface area (Å²) in [4.78, 5) is 0. The molecule has 1 N–H and O–H groups in total. The largest absolute Gasteiger partial charge is 0.489 e. The quantitative estimate of drug-likeness (QED) is 0.716. The molecule has 0 radical (unpaired) electrons. The van der Waals surface area contributed by atoms with Gasteiger partial charge in [-0.3, -0.25) is 0 Å². The van der Waals surface area contributed by atoms with E-state index in [1.54, 1.807) is 0 Å². The van der Waals surface area contributed by atoms with Gasteiger partial charge in [-0.1, -0.05) is 45.4 Å². The van der Waals surface area contributed by atoms with E-state index in [1.165, 1.54) is 24.8 Å². The minimum atomic E-state index is 0.257. The molecular formula is C17H29NO. The van der Waals surface area contributed by atoms with Crippen molar-refractivity contribution >= 4 is 0 Å². The third-order valence-corrected chi connectivity index (χ3v) is 3.48. The number of aryl methyl sites for hydroxylation is 1. The molecule has 2 nitrogen and oxygen atoms in total. The molecule has 2 unspecified atom stereocenters. The van der Waals surface area contributed by atoms with Crippen LogP contribution in [0.1, 0.15) is 52.0 Å². The van der Waals surface area contributed by atoms with Crippen LogP contribution in [0.4, 0.5) is 0 Å². The van der Waals surface area contributed by atoms with Gasteiger partial charge in [-0.2, -0.15) is 0 Å². The fraction of sp³-hybridized carbons (Fsp3) is 0.647. The Morgan fingerprint density at radius 3 is 2.42 bits per heavy atom. The van der Waals surface area contributed by atoms with E-state index in [-0.39, 0.29) is 6.10 Å². The summed E-state index contributed by atoms with van der Waals surface area (Å²) in [7, 11) is 0. The van der Waals surface area contributed by atoms with Gasteiger partial charge in [0.1, 0.15) is 11.9 Å². The lowest BCUT2D eigenvalue weighted by Gasteiger charge is -2.28. The van der Waals surface area contributed by atoms with Gasteiger partial charge in [-0.25, -0.2) is 0 Å². The summed E-state index contributed by atoms with van der Waals surface area (Å²) in [6, 6.07) is 8.73. The van der Waals surface area contributed by atoms with Crippen LogP contribution >= 0.6 is 0 Å². The minimum Gasteiger partial charge on any atom is -0.489 e. The van der Waals surface area contributed by atoms with Crippen molar-refractivity contribution in [3.05, 3.63) is 29.8 Å². The highest BCUT2D eigenvalue weighted by Gasteiger charge is 2.20. The normalized spacial score (nSPS) is 14.1. The van der Waals surface area contributed by atoms with E-state index < -0.39 is 0 Å². The summed E-state index contributed by atoms with van der Waals surface area (Å²) in [6.45, 7) is 9.83. The lowest BCUT2D eigenvalue weighted by molar-refractivity contribution is 0.141. The first-order chi connectivity index (χ1) is 9.22. The average Bonchev–Trinajstić information content (AvgIpc) is 2.43. The maximum Gasteiger partial charge on any atom is 0.122 e. The molecule has 0 aliphatic carbocycles. The van der Waals surface area contributed by atoms with Crippen molar-refractivity contribution in [1.29, 1.82) is 0 Å². The van der Waals surface area contributed by atoms with Crippen molar-refractivity contribution in [1.82, 2.24) is 5.32 Å². The van der Waals surface area contributed by atoms with Crippen LogP contribution in [0.25, 0.3) is 0 Å². The predicted molar refractivity (Wildman–Crippen MR) is 82.9 cm³/mol. The fourth-order valence-electron chi connectivity index (χ4n) is 2.36. The number of ether oxygens (including phenoxy) is 1. The Morgan fingerprint density at radius 1 is 1.11 bits per heavy atom. The first-order valence-electron chi connectivity index (χ1n) is 7.68. The lowest BCUT2D eigenvalue weighted by Crippen LogP contribution is -2.43. The van der Waals surface area contributed by atoms with Crippen molar-refractivity contribution < 1.29 is 4.74 Å².